The van der Waals surface area contributed by atoms with Gasteiger partial charge in [0, 0.05) is 37.1 Å². The van der Waals surface area contributed by atoms with Crippen LogP contribution in [0.1, 0.15) is 56.3 Å². The molecule has 1 atom stereocenters. The summed E-state index contributed by atoms with van der Waals surface area (Å²) in [4.78, 5) is 39.5. The first-order valence-electron chi connectivity index (χ1n) is 12.5. The van der Waals surface area contributed by atoms with Gasteiger partial charge in [-0.1, -0.05) is 12.1 Å². The fraction of sp³-hybridized carbons (Fsp3) is 0.321. The van der Waals surface area contributed by atoms with E-state index in [1.807, 2.05) is 11.8 Å². The van der Waals surface area contributed by atoms with Gasteiger partial charge in [0.1, 0.15) is 22.8 Å². The van der Waals surface area contributed by atoms with Gasteiger partial charge >= 0.3 is 12.1 Å². The summed E-state index contributed by atoms with van der Waals surface area (Å²) in [6.45, 7) is 6.93. The number of halogens is 3. The zero-order valence-electron chi connectivity index (χ0n) is 22.1. The van der Waals surface area contributed by atoms with Crippen molar-refractivity contribution in [1.29, 1.82) is 0 Å². The molecule has 1 aliphatic rings. The van der Waals surface area contributed by atoms with E-state index in [2.05, 4.69) is 20.3 Å². The Balaban J connectivity index is 1.70. The molecule has 1 unspecified atom stereocenters. The molecule has 3 aromatic rings. The molecule has 12 heteroatoms. The zero-order chi connectivity index (χ0) is 29.0. The minimum atomic E-state index is -4.67. The molecule has 4 rings (SSSR count). The molecule has 0 radical (unpaired) electrons. The van der Waals surface area contributed by atoms with Crippen LogP contribution in [0.15, 0.2) is 53.7 Å². The molecule has 0 fully saturated rings. The van der Waals surface area contributed by atoms with Crippen molar-refractivity contribution in [2.45, 2.75) is 33.1 Å². The van der Waals surface area contributed by atoms with Gasteiger partial charge in [-0.15, -0.1) is 0 Å². The molecule has 0 spiro atoms. The first-order valence-corrected chi connectivity index (χ1v) is 12.5. The maximum atomic E-state index is 13.4. The first kappa shape index (κ1) is 28.7. The molecular weight excluding hydrogens is 527 g/mol. The van der Waals surface area contributed by atoms with Crippen LogP contribution in [0.4, 0.5) is 19.0 Å². The molecular formula is C28H28F3N5O4. The Morgan fingerprint density at radius 2 is 1.88 bits per heavy atom. The molecule has 2 N–H and O–H groups in total. The number of aryl methyl sites for hydroxylation is 2. The van der Waals surface area contributed by atoms with Crippen LogP contribution in [-0.2, 0) is 6.18 Å². The normalized spacial score (nSPS) is 14.8. The Morgan fingerprint density at radius 3 is 2.55 bits per heavy atom. The van der Waals surface area contributed by atoms with E-state index in [9.17, 15) is 27.9 Å². The Kier molecular flexibility index (Phi) is 8.48. The number of aromatic carboxylic acids is 1. The summed E-state index contributed by atoms with van der Waals surface area (Å²) < 4.78 is 46.4. The molecule has 0 saturated heterocycles. The predicted molar refractivity (Wildman–Crippen MR) is 142 cm³/mol. The number of anilines is 1. The smallest absolute Gasteiger partial charge is 0.433 e. The lowest BCUT2D eigenvalue weighted by Crippen LogP contribution is -2.39. The van der Waals surface area contributed by atoms with Crippen LogP contribution in [0.5, 0.6) is 5.75 Å². The molecule has 3 heterocycles. The number of carboxylic acids is 1. The zero-order valence-corrected chi connectivity index (χ0v) is 22.1. The quantitative estimate of drug-likeness (QED) is 0.404. The van der Waals surface area contributed by atoms with Crippen molar-refractivity contribution in [3.8, 4) is 5.75 Å². The number of carboxylic acid groups (broad SMARTS) is 1. The largest absolute Gasteiger partial charge is 0.482 e. The Bertz CT molecular complexity index is 1460. The van der Waals surface area contributed by atoms with Crippen molar-refractivity contribution in [1.82, 2.24) is 14.9 Å². The number of carbonyl (C=O) groups is 2. The van der Waals surface area contributed by atoms with Gasteiger partial charge in [-0.05, 0) is 62.2 Å². The summed E-state index contributed by atoms with van der Waals surface area (Å²) in [5, 5.41) is 12.7. The van der Waals surface area contributed by atoms with Crippen LogP contribution in [0.2, 0.25) is 0 Å². The molecule has 1 amide bonds. The van der Waals surface area contributed by atoms with Crippen molar-refractivity contribution in [3.63, 3.8) is 0 Å². The summed E-state index contributed by atoms with van der Waals surface area (Å²) in [6, 6.07) is 9.59. The van der Waals surface area contributed by atoms with Gasteiger partial charge in [-0.2, -0.15) is 13.2 Å². The van der Waals surface area contributed by atoms with Gasteiger partial charge < -0.3 is 15.2 Å². The van der Waals surface area contributed by atoms with Gasteiger partial charge in [-0.25, -0.2) is 14.8 Å². The second-order valence-electron chi connectivity index (χ2n) is 9.50. The number of nitrogens with zero attached hydrogens (tertiary/aromatic N) is 4. The number of aromatic nitrogens is 2. The highest BCUT2D eigenvalue weighted by molar-refractivity contribution is 6.07. The third kappa shape index (κ3) is 6.81. The lowest BCUT2D eigenvalue weighted by Gasteiger charge is -2.30. The highest BCUT2D eigenvalue weighted by Gasteiger charge is 2.34. The van der Waals surface area contributed by atoms with Crippen molar-refractivity contribution in [2.75, 3.05) is 31.5 Å². The number of amides is 1. The molecule has 0 aliphatic carbocycles. The number of hydrogen-bond acceptors (Lipinski definition) is 7. The van der Waals surface area contributed by atoms with Crippen LogP contribution < -0.4 is 10.1 Å². The van der Waals surface area contributed by atoms with Gasteiger partial charge in [-0.3, -0.25) is 14.7 Å². The van der Waals surface area contributed by atoms with E-state index >= 15 is 0 Å². The molecule has 40 heavy (non-hydrogen) atoms. The minimum Gasteiger partial charge on any atom is -0.482 e. The van der Waals surface area contributed by atoms with Crippen molar-refractivity contribution in [2.24, 2.45) is 4.99 Å². The maximum absolute atomic E-state index is 13.4. The van der Waals surface area contributed by atoms with Crippen molar-refractivity contribution in [3.05, 3.63) is 82.3 Å². The number of carbonyl (C=O) groups excluding carboxylic acids is 1. The molecule has 1 aromatic carbocycles. The molecule has 210 valence electrons. The molecule has 2 aromatic heterocycles. The molecule has 9 nitrogen and oxygen atoms in total. The first-order chi connectivity index (χ1) is 18.9. The highest BCUT2D eigenvalue weighted by atomic mass is 19.4. The highest BCUT2D eigenvalue weighted by Crippen LogP contribution is 2.32. The third-order valence-corrected chi connectivity index (χ3v) is 6.38. The summed E-state index contributed by atoms with van der Waals surface area (Å²) in [6.07, 6.45) is -4.19. The second kappa shape index (κ2) is 11.8. The number of ether oxygens (including phenoxy) is 1. The van der Waals surface area contributed by atoms with Gasteiger partial charge in [0.2, 0.25) is 0 Å². The maximum Gasteiger partial charge on any atom is 0.433 e. The van der Waals surface area contributed by atoms with E-state index in [-0.39, 0.29) is 29.1 Å². The van der Waals surface area contributed by atoms with E-state index in [0.29, 0.717) is 31.0 Å². The van der Waals surface area contributed by atoms with E-state index in [1.54, 1.807) is 26.0 Å². The summed E-state index contributed by atoms with van der Waals surface area (Å²) >= 11 is 0. The van der Waals surface area contributed by atoms with E-state index in [0.717, 1.165) is 17.3 Å². The number of aliphatic imine (C=N–C) groups is 1. The second-order valence-corrected chi connectivity index (χ2v) is 9.50. The fourth-order valence-corrected chi connectivity index (χ4v) is 4.34. The standard InChI is InChI=1S/C28H28F3N5O4/c1-16-6-5-9-33-25(16)35-26(37)19-13-20(27(38)39)22(12-17(19)2)40-23(15-36-11-10-32-18(3)14-36)21-7-4-8-24(34-21)28(29,30)31/h4-9,12-13,23H,10-11,14-15H2,1-3H3,(H,38,39)(H,33,35,37). The van der Waals surface area contributed by atoms with E-state index < -0.39 is 29.9 Å². The number of nitrogens with one attached hydrogen (secondary N) is 1. The SMILES string of the molecule is CC1=NCCN(CC(Oc2cc(C)c(C(=O)Nc3ncccc3C)cc2C(=O)O)c2cccc(C(F)(F)F)n2)C1. The Hall–Kier alpha value is -4.32. The number of hydrogen-bond donors (Lipinski definition) is 2. The number of alkyl halides is 3. The minimum absolute atomic E-state index is 0.00331. The van der Waals surface area contributed by atoms with Crippen LogP contribution in [-0.4, -0.2) is 63.7 Å². The summed E-state index contributed by atoms with van der Waals surface area (Å²) in [7, 11) is 0. The fourth-order valence-electron chi connectivity index (χ4n) is 4.34. The number of benzene rings is 1. The Labute approximate surface area is 228 Å². The van der Waals surface area contributed by atoms with E-state index in [4.69, 9.17) is 4.74 Å². The lowest BCUT2D eigenvalue weighted by atomic mass is 10.0. The van der Waals surface area contributed by atoms with Crippen LogP contribution >= 0.6 is 0 Å². The molecule has 0 saturated carbocycles. The van der Waals surface area contributed by atoms with E-state index in [1.165, 1.54) is 30.5 Å². The summed E-state index contributed by atoms with van der Waals surface area (Å²) in [5.74, 6) is -1.69. The van der Waals surface area contributed by atoms with Gasteiger partial charge in [0.15, 0.2) is 6.10 Å². The summed E-state index contributed by atoms with van der Waals surface area (Å²) in [5.41, 5.74) is 0.679. The van der Waals surface area contributed by atoms with Gasteiger partial charge in [0.05, 0.1) is 12.2 Å². The predicted octanol–water partition coefficient (Wildman–Crippen LogP) is 4.96. The van der Waals surface area contributed by atoms with Crippen molar-refractivity contribution >= 4 is 23.4 Å². The number of pyridine rings is 2. The molecule has 0 bridgehead atoms. The van der Waals surface area contributed by atoms with Crippen molar-refractivity contribution < 1.29 is 32.6 Å². The van der Waals surface area contributed by atoms with Crippen LogP contribution in [0, 0.1) is 13.8 Å². The topological polar surface area (TPSA) is 117 Å². The average molecular weight is 556 g/mol. The monoisotopic (exact) mass is 555 g/mol. The molecule has 1 aliphatic heterocycles. The third-order valence-electron chi connectivity index (χ3n) is 6.38. The van der Waals surface area contributed by atoms with Crippen LogP contribution in [0.3, 0.4) is 0 Å². The van der Waals surface area contributed by atoms with Gasteiger partial charge in [0.25, 0.3) is 5.91 Å². The number of rotatable bonds is 8. The van der Waals surface area contributed by atoms with Crippen LogP contribution in [0.25, 0.3) is 0 Å². The lowest BCUT2D eigenvalue weighted by molar-refractivity contribution is -0.141. The average Bonchev–Trinajstić information content (AvgIpc) is 2.89. The Morgan fingerprint density at radius 1 is 1.10 bits per heavy atom.